The Hall–Kier alpha value is -1.84. The number of aliphatic hydroxyl groups is 1. The molecule has 1 heterocycles. The highest BCUT2D eigenvalue weighted by Crippen LogP contribution is 2.43. The lowest BCUT2D eigenvalue weighted by molar-refractivity contribution is 0.185. The van der Waals surface area contributed by atoms with E-state index in [1.165, 1.54) is 22.4 Å². The summed E-state index contributed by atoms with van der Waals surface area (Å²) in [5, 5.41) is 9.82. The Kier molecular flexibility index (Phi) is 3.63. The van der Waals surface area contributed by atoms with Gasteiger partial charge in [0.05, 0.1) is 12.6 Å². The van der Waals surface area contributed by atoms with E-state index >= 15 is 0 Å². The first-order valence-corrected chi connectivity index (χ1v) is 8.44. The first-order valence-electron chi connectivity index (χ1n) is 8.44. The Bertz CT molecular complexity index is 727. The minimum Gasteiger partial charge on any atom is -0.392 e. The maximum atomic E-state index is 9.82. The summed E-state index contributed by atoms with van der Waals surface area (Å²) in [6.45, 7) is 4.25. The standard InChI is InChI=1S/C20H24N2O/c1-14-7-8-18(16(11-14)13-23)22-10-9-21(2)19-12-15-5-3-4-6-17(15)20(19)22/h3-8,11,19-20,23H,9-10,12-13H2,1-2H3/t19-,20-/m1/s1. The Balaban J connectivity index is 1.80. The van der Waals surface area contributed by atoms with Gasteiger partial charge in [0.1, 0.15) is 0 Å². The molecule has 0 bridgehead atoms. The fraction of sp³-hybridized carbons (Fsp3) is 0.400. The summed E-state index contributed by atoms with van der Waals surface area (Å²) >= 11 is 0. The lowest BCUT2D eigenvalue weighted by atomic mass is 9.98. The summed E-state index contributed by atoms with van der Waals surface area (Å²) in [6, 6.07) is 16.2. The number of hydrogen-bond donors (Lipinski definition) is 1. The second-order valence-corrected chi connectivity index (χ2v) is 6.88. The molecule has 1 fully saturated rings. The number of nitrogens with zero attached hydrogens (tertiary/aromatic N) is 2. The van der Waals surface area contributed by atoms with Gasteiger partial charge in [0.15, 0.2) is 0 Å². The van der Waals surface area contributed by atoms with Crippen LogP contribution in [0, 0.1) is 6.92 Å². The van der Waals surface area contributed by atoms with Gasteiger partial charge >= 0.3 is 0 Å². The largest absolute Gasteiger partial charge is 0.392 e. The van der Waals surface area contributed by atoms with Crippen molar-refractivity contribution >= 4 is 5.69 Å². The predicted molar refractivity (Wildman–Crippen MR) is 93.8 cm³/mol. The van der Waals surface area contributed by atoms with Crippen LogP contribution in [0.5, 0.6) is 0 Å². The lowest BCUT2D eigenvalue weighted by Gasteiger charge is -2.45. The van der Waals surface area contributed by atoms with E-state index in [1.807, 2.05) is 0 Å². The molecule has 3 heteroatoms. The van der Waals surface area contributed by atoms with E-state index in [4.69, 9.17) is 0 Å². The molecule has 0 radical (unpaired) electrons. The van der Waals surface area contributed by atoms with Gasteiger partial charge in [-0.3, -0.25) is 4.90 Å². The molecule has 2 aromatic rings. The van der Waals surface area contributed by atoms with Gasteiger partial charge in [-0.25, -0.2) is 0 Å². The smallest absolute Gasteiger partial charge is 0.0704 e. The van der Waals surface area contributed by atoms with Crippen molar-refractivity contribution in [3.8, 4) is 0 Å². The highest BCUT2D eigenvalue weighted by molar-refractivity contribution is 5.59. The summed E-state index contributed by atoms with van der Waals surface area (Å²) in [5.41, 5.74) is 6.36. The van der Waals surface area contributed by atoms with Crippen LogP contribution in [0.25, 0.3) is 0 Å². The molecule has 0 unspecified atom stereocenters. The summed E-state index contributed by atoms with van der Waals surface area (Å²) in [5.74, 6) is 0. The Morgan fingerprint density at radius 1 is 1.13 bits per heavy atom. The average Bonchev–Trinajstić information content (AvgIpc) is 2.96. The fourth-order valence-corrected chi connectivity index (χ4v) is 4.29. The van der Waals surface area contributed by atoms with Gasteiger partial charge in [-0.1, -0.05) is 42.0 Å². The minimum absolute atomic E-state index is 0.0996. The molecule has 2 aliphatic rings. The third kappa shape index (κ3) is 2.35. The van der Waals surface area contributed by atoms with E-state index in [0.717, 1.165) is 25.1 Å². The molecule has 23 heavy (non-hydrogen) atoms. The Morgan fingerprint density at radius 3 is 2.78 bits per heavy atom. The quantitative estimate of drug-likeness (QED) is 0.924. The summed E-state index contributed by atoms with van der Waals surface area (Å²) in [6.07, 6.45) is 1.12. The van der Waals surface area contributed by atoms with Crippen LogP contribution in [0.15, 0.2) is 42.5 Å². The average molecular weight is 308 g/mol. The molecule has 1 saturated heterocycles. The number of rotatable bonds is 2. The zero-order valence-electron chi connectivity index (χ0n) is 13.9. The molecule has 0 aromatic heterocycles. The third-order valence-electron chi connectivity index (χ3n) is 5.48. The number of fused-ring (bicyclic) bond motifs is 3. The highest BCUT2D eigenvalue weighted by Gasteiger charge is 2.42. The van der Waals surface area contributed by atoms with E-state index in [0.29, 0.717) is 12.1 Å². The first-order chi connectivity index (χ1) is 11.2. The van der Waals surface area contributed by atoms with Gasteiger partial charge in [0.25, 0.3) is 0 Å². The van der Waals surface area contributed by atoms with Crippen LogP contribution in [0.1, 0.15) is 28.3 Å². The zero-order chi connectivity index (χ0) is 16.0. The van der Waals surface area contributed by atoms with Gasteiger partial charge in [-0.15, -0.1) is 0 Å². The molecule has 3 nitrogen and oxygen atoms in total. The van der Waals surface area contributed by atoms with Gasteiger partial charge < -0.3 is 10.0 Å². The van der Waals surface area contributed by atoms with E-state index in [2.05, 4.69) is 66.2 Å². The van der Waals surface area contributed by atoms with E-state index in [-0.39, 0.29) is 6.61 Å². The molecular formula is C20H24N2O. The van der Waals surface area contributed by atoms with Crippen molar-refractivity contribution in [3.05, 3.63) is 64.7 Å². The minimum atomic E-state index is 0.0996. The fourth-order valence-electron chi connectivity index (χ4n) is 4.29. The van der Waals surface area contributed by atoms with Crippen molar-refractivity contribution in [3.63, 3.8) is 0 Å². The maximum absolute atomic E-state index is 9.82. The third-order valence-corrected chi connectivity index (χ3v) is 5.48. The van der Waals surface area contributed by atoms with Crippen molar-refractivity contribution in [2.45, 2.75) is 32.0 Å². The molecule has 1 aliphatic heterocycles. The van der Waals surface area contributed by atoms with Gasteiger partial charge in [-0.2, -0.15) is 0 Å². The number of hydrogen-bond acceptors (Lipinski definition) is 3. The number of piperazine rings is 1. The molecule has 0 amide bonds. The summed E-state index contributed by atoms with van der Waals surface area (Å²) in [4.78, 5) is 5.01. The topological polar surface area (TPSA) is 26.7 Å². The zero-order valence-corrected chi connectivity index (χ0v) is 13.9. The van der Waals surface area contributed by atoms with Crippen molar-refractivity contribution in [2.24, 2.45) is 0 Å². The van der Waals surface area contributed by atoms with Crippen molar-refractivity contribution < 1.29 is 5.11 Å². The van der Waals surface area contributed by atoms with Gasteiger partial charge in [-0.05, 0) is 37.6 Å². The molecule has 2 aromatic carbocycles. The molecule has 0 saturated carbocycles. The van der Waals surface area contributed by atoms with Crippen molar-refractivity contribution in [1.29, 1.82) is 0 Å². The van der Waals surface area contributed by atoms with Gasteiger partial charge in [0, 0.05) is 30.4 Å². The number of aliphatic hydroxyl groups excluding tert-OH is 1. The molecular weight excluding hydrogens is 284 g/mol. The van der Waals surface area contributed by atoms with E-state index in [1.54, 1.807) is 0 Å². The van der Waals surface area contributed by atoms with Crippen LogP contribution in [0.4, 0.5) is 5.69 Å². The number of likely N-dealkylation sites (N-methyl/N-ethyl adjacent to an activating group) is 1. The molecule has 0 spiro atoms. The van der Waals surface area contributed by atoms with Crippen LogP contribution in [-0.2, 0) is 13.0 Å². The second kappa shape index (κ2) is 5.66. The first kappa shape index (κ1) is 14.7. The highest BCUT2D eigenvalue weighted by atomic mass is 16.3. The maximum Gasteiger partial charge on any atom is 0.0704 e. The monoisotopic (exact) mass is 308 g/mol. The van der Waals surface area contributed by atoms with Crippen LogP contribution in [0.2, 0.25) is 0 Å². The summed E-state index contributed by atoms with van der Waals surface area (Å²) < 4.78 is 0. The van der Waals surface area contributed by atoms with Crippen molar-refractivity contribution in [1.82, 2.24) is 4.90 Å². The SMILES string of the molecule is Cc1ccc(N2CCN(C)[C@@H]3Cc4ccccc4[C@H]32)c(CO)c1. The van der Waals surface area contributed by atoms with E-state index < -0.39 is 0 Å². The van der Waals surface area contributed by atoms with Crippen molar-refractivity contribution in [2.75, 3.05) is 25.0 Å². The molecule has 120 valence electrons. The Labute approximate surface area is 138 Å². The number of benzene rings is 2. The number of aryl methyl sites for hydroxylation is 1. The van der Waals surface area contributed by atoms with Crippen LogP contribution in [-0.4, -0.2) is 36.2 Å². The predicted octanol–water partition coefficient (Wildman–Crippen LogP) is 2.91. The Morgan fingerprint density at radius 2 is 1.96 bits per heavy atom. The van der Waals surface area contributed by atoms with Crippen LogP contribution >= 0.6 is 0 Å². The number of anilines is 1. The lowest BCUT2D eigenvalue weighted by Crippen LogP contribution is -2.52. The van der Waals surface area contributed by atoms with Crippen LogP contribution < -0.4 is 4.90 Å². The molecule has 4 rings (SSSR count). The normalized spacial score (nSPS) is 23.7. The summed E-state index contributed by atoms with van der Waals surface area (Å²) in [7, 11) is 2.24. The van der Waals surface area contributed by atoms with Crippen LogP contribution in [0.3, 0.4) is 0 Å². The van der Waals surface area contributed by atoms with Gasteiger partial charge in [0.2, 0.25) is 0 Å². The van der Waals surface area contributed by atoms with E-state index in [9.17, 15) is 5.11 Å². The molecule has 1 N–H and O–H groups in total. The second-order valence-electron chi connectivity index (χ2n) is 6.88. The molecule has 2 atom stereocenters. The molecule has 1 aliphatic carbocycles.